The number of pyridine rings is 1. The van der Waals surface area contributed by atoms with Crippen LogP contribution in [0, 0.1) is 5.92 Å². The van der Waals surface area contributed by atoms with Crippen molar-refractivity contribution in [3.63, 3.8) is 0 Å². The van der Waals surface area contributed by atoms with Gasteiger partial charge in [-0.3, -0.25) is 14.7 Å². The highest BCUT2D eigenvalue weighted by Gasteiger charge is 2.49. The SMILES string of the molecule is O=C1N[C@H](N2C(=O)OC[C@@H]2c2ccccc2)[C@H]1C=Cc1cccnc1. The molecule has 6 heteroatoms. The Balaban J connectivity index is 1.56. The predicted octanol–water partition coefficient (Wildman–Crippen LogP) is 2.36. The van der Waals surface area contributed by atoms with E-state index in [9.17, 15) is 9.59 Å². The van der Waals surface area contributed by atoms with E-state index in [1.54, 1.807) is 17.3 Å². The third-order valence-electron chi connectivity index (χ3n) is 4.51. The van der Waals surface area contributed by atoms with Gasteiger partial charge in [-0.2, -0.15) is 0 Å². The van der Waals surface area contributed by atoms with E-state index >= 15 is 0 Å². The zero-order valence-corrected chi connectivity index (χ0v) is 13.4. The van der Waals surface area contributed by atoms with E-state index in [0.717, 1.165) is 11.1 Å². The second-order valence-electron chi connectivity index (χ2n) is 6.04. The van der Waals surface area contributed by atoms with Crippen LogP contribution >= 0.6 is 0 Å². The number of carbonyl (C=O) groups excluding carboxylic acids is 2. The molecular weight excluding hydrogens is 318 g/mol. The first-order valence-electron chi connectivity index (χ1n) is 8.13. The molecule has 2 aliphatic rings. The monoisotopic (exact) mass is 335 g/mol. The summed E-state index contributed by atoms with van der Waals surface area (Å²) in [4.78, 5) is 29.9. The Morgan fingerprint density at radius 3 is 2.72 bits per heavy atom. The zero-order chi connectivity index (χ0) is 17.2. The molecule has 1 aromatic heterocycles. The van der Waals surface area contributed by atoms with Crippen LogP contribution in [0.15, 0.2) is 60.9 Å². The van der Waals surface area contributed by atoms with Crippen LogP contribution in [0.5, 0.6) is 0 Å². The summed E-state index contributed by atoms with van der Waals surface area (Å²) < 4.78 is 5.24. The second kappa shape index (κ2) is 6.39. The summed E-state index contributed by atoms with van der Waals surface area (Å²) in [6.45, 7) is 0.286. The minimum atomic E-state index is -0.405. The van der Waals surface area contributed by atoms with E-state index < -0.39 is 18.2 Å². The molecule has 0 bridgehead atoms. The minimum absolute atomic E-state index is 0.100. The van der Waals surface area contributed by atoms with Gasteiger partial charge in [0.2, 0.25) is 5.91 Å². The first kappa shape index (κ1) is 15.4. The molecule has 0 aliphatic carbocycles. The number of hydrogen-bond acceptors (Lipinski definition) is 4. The molecule has 126 valence electrons. The molecule has 0 saturated carbocycles. The van der Waals surface area contributed by atoms with Gasteiger partial charge in [0.05, 0.1) is 12.0 Å². The van der Waals surface area contributed by atoms with Crippen LogP contribution in [0.25, 0.3) is 6.08 Å². The lowest BCUT2D eigenvalue weighted by molar-refractivity contribution is -0.137. The Labute approximate surface area is 145 Å². The Morgan fingerprint density at radius 2 is 2.00 bits per heavy atom. The fourth-order valence-electron chi connectivity index (χ4n) is 3.18. The van der Waals surface area contributed by atoms with E-state index in [0.29, 0.717) is 0 Å². The maximum atomic E-state index is 12.2. The number of rotatable bonds is 4. The van der Waals surface area contributed by atoms with E-state index in [-0.39, 0.29) is 18.6 Å². The molecule has 0 spiro atoms. The quantitative estimate of drug-likeness (QED) is 0.871. The lowest BCUT2D eigenvalue weighted by Gasteiger charge is -2.42. The van der Waals surface area contributed by atoms with Gasteiger partial charge in [-0.25, -0.2) is 4.79 Å². The lowest BCUT2D eigenvalue weighted by Crippen LogP contribution is -2.65. The Bertz CT molecular complexity index is 807. The summed E-state index contributed by atoms with van der Waals surface area (Å²) >= 11 is 0. The normalized spacial score (nSPS) is 25.6. The smallest absolute Gasteiger partial charge is 0.412 e. The van der Waals surface area contributed by atoms with Crippen molar-refractivity contribution < 1.29 is 14.3 Å². The van der Waals surface area contributed by atoms with Crippen molar-refractivity contribution in [3.05, 3.63) is 72.1 Å². The molecule has 0 radical (unpaired) electrons. The zero-order valence-electron chi connectivity index (χ0n) is 13.4. The van der Waals surface area contributed by atoms with Crippen LogP contribution in [0.1, 0.15) is 17.2 Å². The van der Waals surface area contributed by atoms with Gasteiger partial charge in [-0.05, 0) is 17.2 Å². The van der Waals surface area contributed by atoms with Gasteiger partial charge in [0.1, 0.15) is 12.8 Å². The molecule has 6 nitrogen and oxygen atoms in total. The number of cyclic esters (lactones) is 1. The fraction of sp³-hybridized carbons (Fsp3) is 0.211. The average Bonchev–Trinajstić information content (AvgIpc) is 3.02. The number of benzene rings is 1. The van der Waals surface area contributed by atoms with Crippen molar-refractivity contribution in [2.45, 2.75) is 12.2 Å². The van der Waals surface area contributed by atoms with Gasteiger partial charge in [0.25, 0.3) is 0 Å². The summed E-state index contributed by atoms with van der Waals surface area (Å²) in [7, 11) is 0. The molecule has 2 amide bonds. The molecule has 3 heterocycles. The number of amides is 2. The van der Waals surface area contributed by atoms with Crippen molar-refractivity contribution >= 4 is 18.1 Å². The van der Waals surface area contributed by atoms with Crippen LogP contribution in [0.3, 0.4) is 0 Å². The van der Waals surface area contributed by atoms with E-state index in [4.69, 9.17) is 4.74 Å². The van der Waals surface area contributed by atoms with Crippen LogP contribution < -0.4 is 5.32 Å². The number of nitrogens with one attached hydrogen (secondary N) is 1. The molecule has 0 unspecified atom stereocenters. The number of carbonyl (C=O) groups is 2. The summed E-state index contributed by atoms with van der Waals surface area (Å²) in [5.41, 5.74) is 1.90. The topological polar surface area (TPSA) is 71.5 Å². The maximum Gasteiger partial charge on any atom is 0.412 e. The van der Waals surface area contributed by atoms with Gasteiger partial charge in [-0.15, -0.1) is 0 Å². The third-order valence-corrected chi connectivity index (χ3v) is 4.51. The van der Waals surface area contributed by atoms with Gasteiger partial charge in [-0.1, -0.05) is 48.6 Å². The van der Waals surface area contributed by atoms with E-state index in [2.05, 4.69) is 10.3 Å². The molecule has 2 aromatic rings. The second-order valence-corrected chi connectivity index (χ2v) is 6.04. The number of hydrogen-bond donors (Lipinski definition) is 1. The summed E-state index contributed by atoms with van der Waals surface area (Å²) in [6, 6.07) is 13.2. The molecule has 2 saturated heterocycles. The maximum absolute atomic E-state index is 12.2. The Kier molecular flexibility index (Phi) is 3.93. The Morgan fingerprint density at radius 1 is 1.16 bits per heavy atom. The lowest BCUT2D eigenvalue weighted by atomic mass is 9.92. The summed E-state index contributed by atoms with van der Waals surface area (Å²) in [6.07, 6.45) is 6.27. The molecular formula is C19H17N3O3. The third kappa shape index (κ3) is 2.87. The van der Waals surface area contributed by atoms with Crippen molar-refractivity contribution in [3.8, 4) is 0 Å². The van der Waals surface area contributed by atoms with Gasteiger partial charge < -0.3 is 10.1 Å². The van der Waals surface area contributed by atoms with E-state index in [1.165, 1.54) is 0 Å². The predicted molar refractivity (Wildman–Crippen MR) is 91.1 cm³/mol. The van der Waals surface area contributed by atoms with Crippen LogP contribution in [-0.2, 0) is 9.53 Å². The van der Waals surface area contributed by atoms with Crippen molar-refractivity contribution in [2.75, 3.05) is 6.61 Å². The first-order chi connectivity index (χ1) is 12.2. The summed E-state index contributed by atoms with van der Waals surface area (Å²) in [5, 5.41) is 2.82. The molecule has 1 aromatic carbocycles. The molecule has 4 rings (SSSR count). The van der Waals surface area contributed by atoms with E-state index in [1.807, 2.05) is 54.6 Å². The number of β-lactam (4-membered cyclic amide) rings is 1. The van der Waals surface area contributed by atoms with Crippen LogP contribution in [-0.4, -0.2) is 34.7 Å². The highest BCUT2D eigenvalue weighted by molar-refractivity contribution is 5.90. The van der Waals surface area contributed by atoms with Gasteiger partial charge in [0, 0.05) is 12.4 Å². The molecule has 2 fully saturated rings. The minimum Gasteiger partial charge on any atom is -0.447 e. The average molecular weight is 335 g/mol. The van der Waals surface area contributed by atoms with Crippen LogP contribution in [0.4, 0.5) is 4.79 Å². The van der Waals surface area contributed by atoms with Crippen molar-refractivity contribution in [1.29, 1.82) is 0 Å². The molecule has 2 aliphatic heterocycles. The fourth-order valence-corrected chi connectivity index (χ4v) is 3.18. The largest absolute Gasteiger partial charge is 0.447 e. The van der Waals surface area contributed by atoms with Crippen LogP contribution in [0.2, 0.25) is 0 Å². The Hall–Kier alpha value is -3.15. The number of aromatic nitrogens is 1. The first-order valence-corrected chi connectivity index (χ1v) is 8.13. The van der Waals surface area contributed by atoms with Gasteiger partial charge >= 0.3 is 6.09 Å². The van der Waals surface area contributed by atoms with Gasteiger partial charge in [0.15, 0.2) is 0 Å². The van der Waals surface area contributed by atoms with Crippen molar-refractivity contribution in [1.82, 2.24) is 15.2 Å². The van der Waals surface area contributed by atoms with Crippen molar-refractivity contribution in [2.24, 2.45) is 5.92 Å². The molecule has 1 N–H and O–H groups in total. The molecule has 25 heavy (non-hydrogen) atoms. The highest BCUT2D eigenvalue weighted by atomic mass is 16.6. The standard InChI is InChI=1S/C19H17N3O3/c23-18-15(9-8-13-5-4-10-20-11-13)17(21-18)22-16(12-25-19(22)24)14-6-2-1-3-7-14/h1-11,15-17H,12H2,(H,21,23)/t15-,16-,17-/m1/s1. The number of nitrogens with zero attached hydrogens (tertiary/aromatic N) is 2. The molecule has 3 atom stereocenters. The highest BCUT2D eigenvalue weighted by Crippen LogP contribution is 2.34. The summed E-state index contributed by atoms with van der Waals surface area (Å²) in [5.74, 6) is -0.506. The number of ether oxygens (including phenoxy) is 1.